The van der Waals surface area contributed by atoms with Gasteiger partial charge in [-0.15, -0.1) is 0 Å². The Bertz CT molecular complexity index is 429. The Kier molecular flexibility index (Phi) is 3.05. The van der Waals surface area contributed by atoms with Crippen LogP contribution in [0, 0.1) is 5.41 Å². The average Bonchev–Trinajstić information content (AvgIpc) is 2.58. The first-order valence-corrected chi connectivity index (χ1v) is 5.93. The van der Waals surface area contributed by atoms with Gasteiger partial charge in [-0.1, -0.05) is 19.9 Å². The fourth-order valence-electron chi connectivity index (χ4n) is 2.40. The van der Waals surface area contributed by atoms with E-state index in [4.69, 9.17) is 5.11 Å². The molecule has 0 aliphatic heterocycles. The third-order valence-corrected chi connectivity index (χ3v) is 3.29. The summed E-state index contributed by atoms with van der Waals surface area (Å²) in [5, 5.41) is 12.2. The summed E-state index contributed by atoms with van der Waals surface area (Å²) >= 11 is 0. The van der Waals surface area contributed by atoms with E-state index in [-0.39, 0.29) is 5.69 Å². The number of nitrogens with one attached hydrogen (secondary N) is 1. The van der Waals surface area contributed by atoms with Crippen LogP contribution in [0.15, 0.2) is 18.2 Å². The van der Waals surface area contributed by atoms with Gasteiger partial charge in [0.05, 0.1) is 0 Å². The highest BCUT2D eigenvalue weighted by Crippen LogP contribution is 2.38. The van der Waals surface area contributed by atoms with E-state index in [1.54, 1.807) is 6.07 Å². The zero-order valence-electron chi connectivity index (χ0n) is 10.2. The van der Waals surface area contributed by atoms with Crippen LogP contribution in [-0.2, 0) is 0 Å². The molecule has 0 aromatic carbocycles. The molecule has 1 aliphatic rings. The van der Waals surface area contributed by atoms with Crippen LogP contribution in [0.3, 0.4) is 0 Å². The maximum Gasteiger partial charge on any atom is 0.354 e. The van der Waals surface area contributed by atoms with Gasteiger partial charge in [0, 0.05) is 6.04 Å². The number of anilines is 1. The molecule has 1 unspecified atom stereocenters. The van der Waals surface area contributed by atoms with E-state index in [1.807, 2.05) is 6.07 Å². The fraction of sp³-hybridized carbons (Fsp3) is 0.538. The van der Waals surface area contributed by atoms with E-state index in [0.717, 1.165) is 12.8 Å². The van der Waals surface area contributed by atoms with Crippen molar-refractivity contribution in [3.63, 3.8) is 0 Å². The van der Waals surface area contributed by atoms with Crippen molar-refractivity contribution in [1.29, 1.82) is 0 Å². The molecule has 0 saturated heterocycles. The van der Waals surface area contributed by atoms with E-state index in [1.165, 1.54) is 12.5 Å². The fourth-order valence-corrected chi connectivity index (χ4v) is 2.40. The number of pyridine rings is 1. The maximum absolute atomic E-state index is 10.8. The van der Waals surface area contributed by atoms with Crippen molar-refractivity contribution >= 4 is 11.8 Å². The molecule has 2 rings (SSSR count). The number of aromatic carboxylic acids is 1. The van der Waals surface area contributed by atoms with Crippen molar-refractivity contribution in [3.8, 4) is 0 Å². The minimum atomic E-state index is -0.986. The van der Waals surface area contributed by atoms with E-state index in [9.17, 15) is 4.79 Å². The van der Waals surface area contributed by atoms with Gasteiger partial charge < -0.3 is 10.4 Å². The molecule has 1 aliphatic carbocycles. The smallest absolute Gasteiger partial charge is 0.354 e. The number of rotatable bonds is 3. The van der Waals surface area contributed by atoms with Gasteiger partial charge in [-0.3, -0.25) is 0 Å². The molecule has 92 valence electrons. The Hall–Kier alpha value is -1.58. The monoisotopic (exact) mass is 234 g/mol. The number of carboxylic acids is 1. The number of hydrogen-bond acceptors (Lipinski definition) is 3. The second-order valence-electron chi connectivity index (χ2n) is 5.46. The molecule has 17 heavy (non-hydrogen) atoms. The SMILES string of the molecule is CC1(C)CCC(Nc2cccc(C(=O)O)n2)C1. The Balaban J connectivity index is 2.04. The third kappa shape index (κ3) is 2.96. The Morgan fingerprint density at radius 3 is 2.88 bits per heavy atom. The van der Waals surface area contributed by atoms with E-state index >= 15 is 0 Å². The lowest BCUT2D eigenvalue weighted by atomic mass is 9.92. The molecule has 4 heteroatoms. The van der Waals surface area contributed by atoms with E-state index in [0.29, 0.717) is 17.3 Å². The van der Waals surface area contributed by atoms with Crippen molar-refractivity contribution in [2.75, 3.05) is 5.32 Å². The summed E-state index contributed by atoms with van der Waals surface area (Å²) in [6.45, 7) is 4.52. The summed E-state index contributed by atoms with van der Waals surface area (Å²) in [6.07, 6.45) is 3.42. The van der Waals surface area contributed by atoms with Crippen LogP contribution < -0.4 is 5.32 Å². The summed E-state index contributed by atoms with van der Waals surface area (Å²) < 4.78 is 0. The molecule has 1 heterocycles. The summed E-state index contributed by atoms with van der Waals surface area (Å²) in [6, 6.07) is 5.45. The first-order chi connectivity index (χ1) is 7.96. The standard InChI is InChI=1S/C13H18N2O2/c1-13(2)7-6-9(8-13)14-11-5-3-4-10(15-11)12(16)17/h3-5,9H,6-8H2,1-2H3,(H,14,15)(H,16,17). The second-order valence-corrected chi connectivity index (χ2v) is 5.46. The molecule has 1 saturated carbocycles. The lowest BCUT2D eigenvalue weighted by Crippen LogP contribution is -2.18. The van der Waals surface area contributed by atoms with Gasteiger partial charge in [-0.25, -0.2) is 9.78 Å². The minimum Gasteiger partial charge on any atom is -0.477 e. The van der Waals surface area contributed by atoms with E-state index < -0.39 is 5.97 Å². The quantitative estimate of drug-likeness (QED) is 0.844. The number of hydrogen-bond donors (Lipinski definition) is 2. The number of carbonyl (C=O) groups is 1. The van der Waals surface area contributed by atoms with Gasteiger partial charge in [0.25, 0.3) is 0 Å². The highest BCUT2D eigenvalue weighted by atomic mass is 16.4. The lowest BCUT2D eigenvalue weighted by Gasteiger charge is -2.18. The highest BCUT2D eigenvalue weighted by molar-refractivity contribution is 5.85. The molecule has 1 atom stereocenters. The molecular weight excluding hydrogens is 216 g/mol. The molecule has 0 amide bonds. The van der Waals surface area contributed by atoms with Crippen LogP contribution in [0.2, 0.25) is 0 Å². The molecule has 0 spiro atoms. The highest BCUT2D eigenvalue weighted by Gasteiger charge is 2.30. The largest absolute Gasteiger partial charge is 0.477 e. The summed E-state index contributed by atoms with van der Waals surface area (Å²) in [4.78, 5) is 14.9. The third-order valence-electron chi connectivity index (χ3n) is 3.29. The Labute approximate surface area is 101 Å². The predicted octanol–water partition coefficient (Wildman–Crippen LogP) is 2.77. The molecule has 2 N–H and O–H groups in total. The van der Waals surface area contributed by atoms with Crippen molar-refractivity contribution in [2.45, 2.75) is 39.2 Å². The molecule has 0 bridgehead atoms. The molecular formula is C13H18N2O2. The molecule has 1 fully saturated rings. The van der Waals surface area contributed by atoms with Crippen LogP contribution in [0.1, 0.15) is 43.6 Å². The van der Waals surface area contributed by atoms with Crippen LogP contribution in [0.25, 0.3) is 0 Å². The zero-order chi connectivity index (χ0) is 12.5. The van der Waals surface area contributed by atoms with Crippen LogP contribution in [-0.4, -0.2) is 22.1 Å². The van der Waals surface area contributed by atoms with Crippen molar-refractivity contribution in [3.05, 3.63) is 23.9 Å². The first-order valence-electron chi connectivity index (χ1n) is 5.93. The summed E-state index contributed by atoms with van der Waals surface area (Å²) in [5.74, 6) is -0.326. The molecule has 4 nitrogen and oxygen atoms in total. The van der Waals surface area contributed by atoms with Crippen LogP contribution in [0.5, 0.6) is 0 Å². The molecule has 1 aromatic heterocycles. The number of carboxylic acid groups (broad SMARTS) is 1. The lowest BCUT2D eigenvalue weighted by molar-refractivity contribution is 0.0690. The number of aromatic nitrogens is 1. The summed E-state index contributed by atoms with van der Waals surface area (Å²) in [5.41, 5.74) is 0.467. The number of nitrogens with zero attached hydrogens (tertiary/aromatic N) is 1. The Morgan fingerprint density at radius 1 is 1.53 bits per heavy atom. The topological polar surface area (TPSA) is 62.2 Å². The average molecular weight is 234 g/mol. The zero-order valence-corrected chi connectivity index (χ0v) is 10.2. The van der Waals surface area contributed by atoms with Crippen molar-refractivity contribution in [1.82, 2.24) is 4.98 Å². The minimum absolute atomic E-state index is 0.0901. The van der Waals surface area contributed by atoms with Crippen LogP contribution in [0.4, 0.5) is 5.82 Å². The van der Waals surface area contributed by atoms with Crippen molar-refractivity contribution < 1.29 is 9.90 Å². The van der Waals surface area contributed by atoms with Crippen molar-refractivity contribution in [2.24, 2.45) is 5.41 Å². The first kappa shape index (κ1) is 11.9. The van der Waals surface area contributed by atoms with E-state index in [2.05, 4.69) is 24.1 Å². The molecule has 1 aromatic rings. The normalized spacial score (nSPS) is 22.4. The van der Waals surface area contributed by atoms with Gasteiger partial charge in [-0.05, 0) is 36.8 Å². The van der Waals surface area contributed by atoms with Gasteiger partial charge in [0.15, 0.2) is 5.69 Å². The second kappa shape index (κ2) is 4.35. The van der Waals surface area contributed by atoms with Gasteiger partial charge in [-0.2, -0.15) is 0 Å². The van der Waals surface area contributed by atoms with Gasteiger partial charge >= 0.3 is 5.97 Å². The van der Waals surface area contributed by atoms with Crippen LogP contribution >= 0.6 is 0 Å². The summed E-state index contributed by atoms with van der Waals surface area (Å²) in [7, 11) is 0. The van der Waals surface area contributed by atoms with Gasteiger partial charge in [0.2, 0.25) is 0 Å². The predicted molar refractivity (Wildman–Crippen MR) is 66.2 cm³/mol. The maximum atomic E-state index is 10.8. The van der Waals surface area contributed by atoms with Gasteiger partial charge in [0.1, 0.15) is 5.82 Å². The Morgan fingerprint density at radius 2 is 2.29 bits per heavy atom. The molecule has 0 radical (unpaired) electrons.